The van der Waals surface area contributed by atoms with Crippen molar-refractivity contribution in [3.63, 3.8) is 0 Å². The second kappa shape index (κ2) is 4.23. The van der Waals surface area contributed by atoms with E-state index in [1.807, 2.05) is 0 Å². The average molecular weight is 207 g/mol. The van der Waals surface area contributed by atoms with Crippen LogP contribution in [0, 0.1) is 10.1 Å². The average Bonchev–Trinajstić information content (AvgIpc) is 2.17. The molecule has 4 N–H and O–H groups in total. The van der Waals surface area contributed by atoms with Crippen LogP contribution in [-0.2, 0) is 4.79 Å². The van der Waals surface area contributed by atoms with Crippen LogP contribution in [0.15, 0.2) is 30.3 Å². The van der Waals surface area contributed by atoms with Gasteiger partial charge in [0.1, 0.15) is 0 Å². The van der Waals surface area contributed by atoms with Crippen LogP contribution >= 0.6 is 0 Å². The third kappa shape index (κ3) is 2.80. The number of carbonyl (C=O) groups excluding carboxylic acids is 1. The normalized spacial score (nSPS) is 11.1. The molecule has 78 valence electrons. The molecule has 0 saturated heterocycles. The van der Waals surface area contributed by atoms with Gasteiger partial charge in [0.15, 0.2) is 0 Å². The first-order valence-electron chi connectivity index (χ1n) is 4.02. The Labute approximate surface area is 85.3 Å². The van der Waals surface area contributed by atoms with Gasteiger partial charge in [-0.05, 0) is 17.7 Å². The summed E-state index contributed by atoms with van der Waals surface area (Å²) < 4.78 is 0. The molecule has 0 aliphatic heterocycles. The summed E-state index contributed by atoms with van der Waals surface area (Å²) in [5.41, 5.74) is 11.1. The van der Waals surface area contributed by atoms with E-state index in [2.05, 4.69) is 0 Å². The monoisotopic (exact) mass is 207 g/mol. The van der Waals surface area contributed by atoms with E-state index >= 15 is 0 Å². The van der Waals surface area contributed by atoms with Crippen molar-refractivity contribution in [2.24, 2.45) is 11.5 Å². The van der Waals surface area contributed by atoms with Crippen LogP contribution in [0.1, 0.15) is 5.56 Å². The van der Waals surface area contributed by atoms with Crippen LogP contribution in [0.2, 0.25) is 0 Å². The Kier molecular flexibility index (Phi) is 3.02. The van der Waals surface area contributed by atoms with Crippen molar-refractivity contribution in [1.29, 1.82) is 0 Å². The van der Waals surface area contributed by atoms with Crippen LogP contribution in [0.3, 0.4) is 0 Å². The topological polar surface area (TPSA) is 112 Å². The second-order valence-electron chi connectivity index (χ2n) is 2.81. The first kappa shape index (κ1) is 10.7. The highest BCUT2D eigenvalue weighted by Crippen LogP contribution is 2.15. The van der Waals surface area contributed by atoms with Gasteiger partial charge in [-0.25, -0.2) is 0 Å². The predicted octanol–water partition coefficient (Wildman–Crippen LogP) is 0.380. The highest BCUT2D eigenvalue weighted by Gasteiger charge is 2.05. The van der Waals surface area contributed by atoms with E-state index in [0.29, 0.717) is 5.56 Å². The molecule has 0 saturated carbocycles. The lowest BCUT2D eigenvalue weighted by Crippen LogP contribution is -2.09. The van der Waals surface area contributed by atoms with Gasteiger partial charge in [-0.2, -0.15) is 0 Å². The molecule has 15 heavy (non-hydrogen) atoms. The predicted molar refractivity (Wildman–Crippen MR) is 54.5 cm³/mol. The summed E-state index contributed by atoms with van der Waals surface area (Å²) in [6.45, 7) is 0. The molecule has 0 unspecified atom stereocenters. The number of nitrogens with zero attached hydrogens (tertiary/aromatic N) is 1. The van der Waals surface area contributed by atoms with Crippen molar-refractivity contribution in [1.82, 2.24) is 0 Å². The van der Waals surface area contributed by atoms with Crippen molar-refractivity contribution >= 4 is 17.3 Å². The Hall–Kier alpha value is -2.37. The molecule has 6 heteroatoms. The van der Waals surface area contributed by atoms with E-state index in [4.69, 9.17) is 11.5 Å². The number of amides is 1. The van der Waals surface area contributed by atoms with Crippen molar-refractivity contribution < 1.29 is 9.72 Å². The number of hydrogen-bond donors (Lipinski definition) is 2. The van der Waals surface area contributed by atoms with Gasteiger partial charge in [0.2, 0.25) is 5.91 Å². The van der Waals surface area contributed by atoms with Crippen LogP contribution < -0.4 is 11.5 Å². The Balaban J connectivity index is 2.99. The quantitative estimate of drug-likeness (QED) is 0.423. The molecule has 1 aromatic rings. The number of benzene rings is 1. The molecule has 0 aliphatic carbocycles. The molecule has 0 aromatic heterocycles. The second-order valence-corrected chi connectivity index (χ2v) is 2.81. The zero-order valence-corrected chi connectivity index (χ0v) is 7.71. The molecule has 0 aliphatic rings. The number of non-ortho nitro benzene ring substituents is 1. The van der Waals surface area contributed by atoms with Gasteiger partial charge in [0, 0.05) is 23.9 Å². The zero-order valence-electron chi connectivity index (χ0n) is 7.71. The third-order valence-electron chi connectivity index (χ3n) is 1.71. The molecule has 6 nitrogen and oxygen atoms in total. The van der Waals surface area contributed by atoms with E-state index in [1.54, 1.807) is 0 Å². The summed E-state index contributed by atoms with van der Waals surface area (Å²) in [6.07, 6.45) is 1.06. The van der Waals surface area contributed by atoms with E-state index < -0.39 is 10.8 Å². The van der Waals surface area contributed by atoms with E-state index in [9.17, 15) is 14.9 Å². The summed E-state index contributed by atoms with van der Waals surface area (Å²) in [4.78, 5) is 20.3. The number of nitro benzene ring substituents is 1. The number of carbonyl (C=O) groups is 1. The molecule has 0 fully saturated rings. The van der Waals surface area contributed by atoms with Crippen molar-refractivity contribution in [2.45, 2.75) is 0 Å². The minimum atomic E-state index is -0.661. The highest BCUT2D eigenvalue weighted by atomic mass is 16.6. The minimum Gasteiger partial charge on any atom is -0.398 e. The fraction of sp³-hybridized carbons (Fsp3) is 0. The number of nitrogens with two attached hydrogens (primary N) is 2. The molecule has 0 spiro atoms. The van der Waals surface area contributed by atoms with E-state index in [-0.39, 0.29) is 11.4 Å². The van der Waals surface area contributed by atoms with Crippen molar-refractivity contribution in [2.75, 3.05) is 0 Å². The number of nitro groups is 1. The third-order valence-corrected chi connectivity index (χ3v) is 1.71. The van der Waals surface area contributed by atoms with Crippen LogP contribution in [0.4, 0.5) is 5.69 Å². The number of primary amides is 1. The molecule has 1 aromatic carbocycles. The lowest BCUT2D eigenvalue weighted by molar-refractivity contribution is -0.384. The van der Waals surface area contributed by atoms with Crippen molar-refractivity contribution in [3.8, 4) is 0 Å². The fourth-order valence-corrected chi connectivity index (χ4v) is 1.01. The molecule has 1 rings (SSSR count). The van der Waals surface area contributed by atoms with Gasteiger partial charge in [0.05, 0.1) is 4.92 Å². The van der Waals surface area contributed by atoms with Gasteiger partial charge in [0.25, 0.3) is 5.69 Å². The lowest BCUT2D eigenvalue weighted by atomic mass is 10.1. The minimum absolute atomic E-state index is 0.0365. The Morgan fingerprint density at radius 1 is 1.27 bits per heavy atom. The Morgan fingerprint density at radius 3 is 2.20 bits per heavy atom. The van der Waals surface area contributed by atoms with Gasteiger partial charge < -0.3 is 11.5 Å². The van der Waals surface area contributed by atoms with Gasteiger partial charge in [-0.3, -0.25) is 14.9 Å². The highest BCUT2D eigenvalue weighted by molar-refractivity contribution is 5.93. The van der Waals surface area contributed by atoms with Crippen molar-refractivity contribution in [3.05, 3.63) is 46.0 Å². The van der Waals surface area contributed by atoms with Gasteiger partial charge in [-0.15, -0.1) is 0 Å². The molecule has 0 radical (unpaired) electrons. The molecule has 0 bridgehead atoms. The summed E-state index contributed by atoms with van der Waals surface area (Å²) in [5, 5.41) is 10.3. The smallest absolute Gasteiger partial charge is 0.269 e. The molecular weight excluding hydrogens is 198 g/mol. The van der Waals surface area contributed by atoms with Gasteiger partial charge in [-0.1, -0.05) is 0 Å². The number of hydrogen-bond acceptors (Lipinski definition) is 4. The fourth-order valence-electron chi connectivity index (χ4n) is 1.01. The standard InChI is InChI=1S/C9H9N3O3/c10-8(5-9(11)13)6-1-3-7(4-2-6)12(14)15/h1-5H,10H2,(H2,11,13)/b8-5-. The molecule has 0 heterocycles. The summed E-state index contributed by atoms with van der Waals surface area (Å²) in [7, 11) is 0. The van der Waals surface area contributed by atoms with Crippen LogP contribution in [-0.4, -0.2) is 10.8 Å². The van der Waals surface area contributed by atoms with E-state index in [0.717, 1.165) is 6.08 Å². The maximum absolute atomic E-state index is 10.5. The first-order valence-corrected chi connectivity index (χ1v) is 4.02. The molecular formula is C9H9N3O3. The Morgan fingerprint density at radius 2 is 1.80 bits per heavy atom. The maximum Gasteiger partial charge on any atom is 0.269 e. The van der Waals surface area contributed by atoms with Crippen LogP contribution in [0.25, 0.3) is 5.70 Å². The summed E-state index contributed by atoms with van der Waals surface area (Å²) in [5.74, 6) is -0.661. The molecule has 1 amide bonds. The summed E-state index contributed by atoms with van der Waals surface area (Å²) >= 11 is 0. The maximum atomic E-state index is 10.5. The van der Waals surface area contributed by atoms with E-state index in [1.165, 1.54) is 24.3 Å². The lowest BCUT2D eigenvalue weighted by Gasteiger charge is -1.99. The van der Waals surface area contributed by atoms with Gasteiger partial charge >= 0.3 is 0 Å². The number of rotatable bonds is 3. The zero-order chi connectivity index (χ0) is 11.4. The van der Waals surface area contributed by atoms with Crippen LogP contribution in [0.5, 0.6) is 0 Å². The largest absolute Gasteiger partial charge is 0.398 e. The summed E-state index contributed by atoms with van der Waals surface area (Å²) in [6, 6.07) is 5.51. The SMILES string of the molecule is NC(=O)/C=C(\N)c1ccc([N+](=O)[O-])cc1. The Bertz CT molecular complexity index is 423. The molecule has 0 atom stereocenters. The first-order chi connectivity index (χ1) is 7.00.